The fraction of sp³-hybridized carbons (Fsp3) is 0.357. The fourth-order valence-electron chi connectivity index (χ4n) is 1.84. The van der Waals surface area contributed by atoms with E-state index in [9.17, 15) is 0 Å². The van der Waals surface area contributed by atoms with Gasteiger partial charge in [0.15, 0.2) is 0 Å². The largest absolute Gasteiger partial charge is 0.491 e. The third kappa shape index (κ3) is 3.11. The lowest BCUT2D eigenvalue weighted by Gasteiger charge is -2.14. The first kappa shape index (κ1) is 12.6. The van der Waals surface area contributed by atoms with Crippen LogP contribution in [0.1, 0.15) is 24.1 Å². The molecule has 1 aromatic heterocycles. The van der Waals surface area contributed by atoms with Crippen molar-refractivity contribution in [1.29, 1.82) is 0 Å². The van der Waals surface area contributed by atoms with Crippen LogP contribution in [0.4, 0.5) is 0 Å². The van der Waals surface area contributed by atoms with Gasteiger partial charge in [0.1, 0.15) is 12.4 Å². The van der Waals surface area contributed by atoms with Gasteiger partial charge in [-0.05, 0) is 26.0 Å². The average molecular weight is 245 g/mol. The molecule has 1 heterocycles. The molecule has 0 amide bonds. The second-order valence-electron chi connectivity index (χ2n) is 4.45. The maximum absolute atomic E-state index is 5.95. The van der Waals surface area contributed by atoms with Crippen molar-refractivity contribution in [2.45, 2.75) is 26.4 Å². The van der Waals surface area contributed by atoms with E-state index < -0.39 is 0 Å². The van der Waals surface area contributed by atoms with Gasteiger partial charge in [0.2, 0.25) is 0 Å². The Balaban J connectivity index is 2.00. The van der Waals surface area contributed by atoms with Gasteiger partial charge < -0.3 is 10.5 Å². The van der Waals surface area contributed by atoms with Gasteiger partial charge in [-0.2, -0.15) is 5.10 Å². The molecule has 0 aliphatic heterocycles. The van der Waals surface area contributed by atoms with E-state index in [-0.39, 0.29) is 6.04 Å². The third-order valence-corrected chi connectivity index (χ3v) is 2.79. The molecule has 4 nitrogen and oxygen atoms in total. The number of nitrogens with two attached hydrogens (primary N) is 1. The summed E-state index contributed by atoms with van der Waals surface area (Å²) in [6.07, 6.45) is 3.68. The minimum absolute atomic E-state index is 0.0235. The quantitative estimate of drug-likeness (QED) is 0.879. The molecule has 2 aromatic rings. The highest BCUT2D eigenvalue weighted by Gasteiger charge is 2.08. The lowest BCUT2D eigenvalue weighted by Crippen LogP contribution is -2.12. The van der Waals surface area contributed by atoms with Crippen LogP contribution in [0.3, 0.4) is 0 Å². The minimum Gasteiger partial charge on any atom is -0.491 e. The van der Waals surface area contributed by atoms with Crippen LogP contribution in [0, 0.1) is 6.92 Å². The predicted molar refractivity (Wildman–Crippen MR) is 71.5 cm³/mol. The van der Waals surface area contributed by atoms with Gasteiger partial charge in [0.05, 0.1) is 6.54 Å². The van der Waals surface area contributed by atoms with Gasteiger partial charge in [-0.1, -0.05) is 17.7 Å². The van der Waals surface area contributed by atoms with Gasteiger partial charge in [-0.3, -0.25) is 4.68 Å². The molecule has 0 bridgehead atoms. The second-order valence-corrected chi connectivity index (χ2v) is 4.45. The van der Waals surface area contributed by atoms with Crippen molar-refractivity contribution in [1.82, 2.24) is 9.78 Å². The molecule has 0 saturated carbocycles. The van der Waals surface area contributed by atoms with Crippen LogP contribution in [-0.2, 0) is 6.54 Å². The highest BCUT2D eigenvalue weighted by atomic mass is 16.5. The van der Waals surface area contributed by atoms with Crippen molar-refractivity contribution >= 4 is 0 Å². The van der Waals surface area contributed by atoms with E-state index in [1.807, 2.05) is 36.0 Å². The Hall–Kier alpha value is -1.81. The summed E-state index contributed by atoms with van der Waals surface area (Å²) in [5.74, 6) is 0.864. The van der Waals surface area contributed by atoms with E-state index in [0.717, 1.165) is 17.9 Å². The Morgan fingerprint density at radius 1 is 1.44 bits per heavy atom. The Bertz CT molecular complexity index is 492. The number of hydrogen-bond acceptors (Lipinski definition) is 3. The lowest BCUT2D eigenvalue weighted by atomic mass is 10.1. The molecular formula is C14H19N3O. The molecular weight excluding hydrogens is 226 g/mol. The first-order valence-electron chi connectivity index (χ1n) is 6.13. The normalized spacial score (nSPS) is 12.4. The summed E-state index contributed by atoms with van der Waals surface area (Å²) in [4.78, 5) is 0. The summed E-state index contributed by atoms with van der Waals surface area (Å²) < 4.78 is 7.63. The summed E-state index contributed by atoms with van der Waals surface area (Å²) in [5.41, 5.74) is 8.20. The van der Waals surface area contributed by atoms with E-state index in [4.69, 9.17) is 10.5 Å². The van der Waals surface area contributed by atoms with Crippen molar-refractivity contribution in [3.05, 3.63) is 47.8 Å². The molecule has 96 valence electrons. The smallest absolute Gasteiger partial charge is 0.124 e. The number of aryl methyl sites for hydroxylation is 1. The monoisotopic (exact) mass is 245 g/mol. The van der Waals surface area contributed by atoms with Crippen LogP contribution in [0.2, 0.25) is 0 Å². The van der Waals surface area contributed by atoms with E-state index in [1.54, 1.807) is 6.20 Å². The zero-order valence-electron chi connectivity index (χ0n) is 10.8. The molecule has 0 radical (unpaired) electrons. The molecule has 18 heavy (non-hydrogen) atoms. The van der Waals surface area contributed by atoms with Crippen molar-refractivity contribution in [2.75, 3.05) is 6.61 Å². The summed E-state index contributed by atoms with van der Waals surface area (Å²) in [7, 11) is 0. The number of aromatic nitrogens is 2. The average Bonchev–Trinajstić information content (AvgIpc) is 2.84. The third-order valence-electron chi connectivity index (χ3n) is 2.79. The Kier molecular flexibility index (Phi) is 3.99. The van der Waals surface area contributed by atoms with E-state index in [0.29, 0.717) is 6.61 Å². The number of ether oxygens (including phenoxy) is 1. The Morgan fingerprint density at radius 3 is 2.94 bits per heavy atom. The molecule has 0 fully saturated rings. The van der Waals surface area contributed by atoms with Gasteiger partial charge in [-0.15, -0.1) is 0 Å². The van der Waals surface area contributed by atoms with Crippen LogP contribution >= 0.6 is 0 Å². The van der Waals surface area contributed by atoms with Crippen LogP contribution < -0.4 is 10.5 Å². The van der Waals surface area contributed by atoms with Crippen molar-refractivity contribution in [2.24, 2.45) is 5.73 Å². The molecule has 0 aliphatic rings. The highest BCUT2D eigenvalue weighted by molar-refractivity contribution is 5.38. The Morgan fingerprint density at radius 2 is 2.28 bits per heavy atom. The maximum atomic E-state index is 5.95. The first-order chi connectivity index (χ1) is 8.66. The molecule has 2 N–H and O–H groups in total. The topological polar surface area (TPSA) is 53.1 Å². The second kappa shape index (κ2) is 5.69. The van der Waals surface area contributed by atoms with Crippen molar-refractivity contribution in [3.8, 4) is 5.75 Å². The predicted octanol–water partition coefficient (Wildman–Crippen LogP) is 2.29. The van der Waals surface area contributed by atoms with Gasteiger partial charge in [-0.25, -0.2) is 0 Å². The summed E-state index contributed by atoms with van der Waals surface area (Å²) >= 11 is 0. The molecule has 0 saturated heterocycles. The van der Waals surface area contributed by atoms with Crippen LogP contribution in [-0.4, -0.2) is 16.4 Å². The van der Waals surface area contributed by atoms with Crippen LogP contribution in [0.15, 0.2) is 36.7 Å². The summed E-state index contributed by atoms with van der Waals surface area (Å²) in [5, 5.41) is 4.13. The van der Waals surface area contributed by atoms with Gasteiger partial charge in [0, 0.05) is 24.0 Å². The Labute approximate surface area is 107 Å². The van der Waals surface area contributed by atoms with E-state index >= 15 is 0 Å². The fourth-order valence-corrected chi connectivity index (χ4v) is 1.84. The molecule has 0 unspecified atom stereocenters. The molecule has 1 atom stereocenters. The first-order valence-corrected chi connectivity index (χ1v) is 6.13. The molecule has 0 spiro atoms. The number of benzene rings is 1. The summed E-state index contributed by atoms with van der Waals surface area (Å²) in [6.45, 7) is 5.35. The number of hydrogen-bond donors (Lipinski definition) is 1. The minimum atomic E-state index is -0.0235. The molecule has 4 heteroatoms. The number of rotatable bonds is 5. The molecule has 2 rings (SSSR count). The van der Waals surface area contributed by atoms with Gasteiger partial charge >= 0.3 is 0 Å². The maximum Gasteiger partial charge on any atom is 0.124 e. The van der Waals surface area contributed by atoms with Gasteiger partial charge in [0.25, 0.3) is 0 Å². The zero-order valence-corrected chi connectivity index (χ0v) is 10.8. The standard InChI is InChI=1S/C14H19N3O/c1-11-4-5-14(13(10-11)12(2)15)18-9-8-17-7-3-6-16-17/h3-7,10,12H,8-9,15H2,1-2H3/t12-/m1/s1. The van der Waals surface area contributed by atoms with Crippen LogP contribution in [0.25, 0.3) is 0 Å². The van der Waals surface area contributed by atoms with Crippen molar-refractivity contribution in [3.63, 3.8) is 0 Å². The van der Waals surface area contributed by atoms with E-state index in [2.05, 4.69) is 18.1 Å². The molecule has 1 aromatic carbocycles. The van der Waals surface area contributed by atoms with Crippen molar-refractivity contribution < 1.29 is 4.74 Å². The SMILES string of the molecule is Cc1ccc(OCCn2cccn2)c([C@@H](C)N)c1. The van der Waals surface area contributed by atoms with E-state index in [1.165, 1.54) is 5.56 Å². The molecule has 0 aliphatic carbocycles. The lowest BCUT2D eigenvalue weighted by molar-refractivity contribution is 0.287. The highest BCUT2D eigenvalue weighted by Crippen LogP contribution is 2.24. The number of nitrogens with zero attached hydrogens (tertiary/aromatic N) is 2. The zero-order chi connectivity index (χ0) is 13.0. The van der Waals surface area contributed by atoms with Crippen LogP contribution in [0.5, 0.6) is 5.75 Å². The summed E-state index contributed by atoms with van der Waals surface area (Å²) in [6, 6.07) is 7.98.